The van der Waals surface area contributed by atoms with Crippen molar-refractivity contribution >= 4 is 12.0 Å². The van der Waals surface area contributed by atoms with Gasteiger partial charge in [0.25, 0.3) is 0 Å². The van der Waals surface area contributed by atoms with Gasteiger partial charge in [0.2, 0.25) is 5.95 Å². The zero-order valence-corrected chi connectivity index (χ0v) is 19.3. The lowest BCUT2D eigenvalue weighted by Crippen LogP contribution is -2.48. The highest BCUT2D eigenvalue weighted by molar-refractivity contribution is 5.75. The quantitative estimate of drug-likeness (QED) is 0.712. The highest BCUT2D eigenvalue weighted by atomic mass is 19.2. The van der Waals surface area contributed by atoms with E-state index in [1.165, 1.54) is 6.07 Å². The fourth-order valence-electron chi connectivity index (χ4n) is 5.10. The van der Waals surface area contributed by atoms with Crippen LogP contribution in [0.15, 0.2) is 24.4 Å². The molecule has 2 atom stereocenters. The number of halogens is 2. The van der Waals surface area contributed by atoms with Gasteiger partial charge in [0, 0.05) is 38.5 Å². The molecule has 2 N–H and O–H groups in total. The van der Waals surface area contributed by atoms with Gasteiger partial charge in [-0.25, -0.2) is 23.5 Å². The maximum atomic E-state index is 13.8. The number of nitrogens with zero attached hydrogens (tertiary/aromatic N) is 4. The molecule has 10 heteroatoms. The fraction of sp³-hybridized carbons (Fsp3) is 0.542. The number of nitrogens with one attached hydrogen (secondary N) is 2. The molecule has 2 saturated heterocycles. The van der Waals surface area contributed by atoms with Crippen molar-refractivity contribution in [1.82, 2.24) is 25.1 Å². The number of anilines is 1. The monoisotopic (exact) mass is 472 g/mol. The zero-order chi connectivity index (χ0) is 23.7. The first-order valence-corrected chi connectivity index (χ1v) is 11.9. The second-order valence-corrected chi connectivity index (χ2v) is 9.31. The minimum atomic E-state index is -0.875. The van der Waals surface area contributed by atoms with Gasteiger partial charge in [-0.1, -0.05) is 6.07 Å². The van der Waals surface area contributed by atoms with Gasteiger partial charge < -0.3 is 20.3 Å². The Morgan fingerprint density at radius 1 is 1.15 bits per heavy atom. The van der Waals surface area contributed by atoms with Gasteiger partial charge in [0.05, 0.1) is 24.3 Å². The maximum absolute atomic E-state index is 13.8. The molecular formula is C24H30F2N6O2. The van der Waals surface area contributed by atoms with Gasteiger partial charge in [0.15, 0.2) is 11.6 Å². The first kappa shape index (κ1) is 22.9. The minimum absolute atomic E-state index is 0.170. The Hall–Kier alpha value is -2.85. The molecule has 182 valence electrons. The van der Waals surface area contributed by atoms with E-state index < -0.39 is 11.6 Å². The number of amides is 2. The Bertz CT molecular complexity index is 1050. The van der Waals surface area contributed by atoms with E-state index in [4.69, 9.17) is 9.72 Å². The first-order valence-electron chi connectivity index (χ1n) is 11.9. The second-order valence-electron chi connectivity index (χ2n) is 9.31. The summed E-state index contributed by atoms with van der Waals surface area (Å²) in [7, 11) is 1.93. The van der Waals surface area contributed by atoms with Crippen molar-refractivity contribution in [3.05, 3.63) is 52.9 Å². The number of likely N-dealkylation sites (N-methyl/N-ethyl adjacent to an activating group) is 1. The molecule has 0 radical (unpaired) electrons. The highest BCUT2D eigenvalue weighted by Crippen LogP contribution is 2.32. The molecule has 34 heavy (non-hydrogen) atoms. The topological polar surface area (TPSA) is 82.6 Å². The zero-order valence-electron chi connectivity index (χ0n) is 19.3. The van der Waals surface area contributed by atoms with Crippen LogP contribution < -0.4 is 10.6 Å². The van der Waals surface area contributed by atoms with Crippen LogP contribution in [0.4, 0.5) is 19.5 Å². The molecule has 8 nitrogen and oxygen atoms in total. The number of hydrogen-bond acceptors (Lipinski definition) is 6. The summed E-state index contributed by atoms with van der Waals surface area (Å²) in [4.78, 5) is 26.1. The third-order valence-corrected chi connectivity index (χ3v) is 7.03. The van der Waals surface area contributed by atoms with Gasteiger partial charge >= 0.3 is 6.03 Å². The van der Waals surface area contributed by atoms with Gasteiger partial charge in [0.1, 0.15) is 0 Å². The number of likely N-dealkylation sites (tertiary alicyclic amines) is 1. The van der Waals surface area contributed by atoms with Crippen LogP contribution in [0.1, 0.15) is 42.1 Å². The molecule has 4 heterocycles. The Morgan fingerprint density at radius 2 is 1.97 bits per heavy atom. The largest absolute Gasteiger partial charge is 0.381 e. The molecule has 0 saturated carbocycles. The standard InChI is InChI=1S/C24H30F2N6O2/c1-31-8-5-20(22(31)15-2-3-18(25)19(26)12-15)30-24(33)32-9-4-16-13-27-23(29-21(16)14-32)28-17-6-10-34-11-7-17/h2-3,12-13,17,20,22H,4-11,14H2,1H3,(H,30,33)(H,27,28,29)/t20-,22+/m1/s1. The molecule has 1 aromatic heterocycles. The minimum Gasteiger partial charge on any atom is -0.381 e. The number of carbonyl (C=O) groups is 1. The molecule has 0 bridgehead atoms. The van der Waals surface area contributed by atoms with Crippen LogP contribution in [-0.4, -0.2) is 71.2 Å². The lowest BCUT2D eigenvalue weighted by Gasteiger charge is -2.32. The van der Waals surface area contributed by atoms with Crippen LogP contribution in [-0.2, 0) is 17.7 Å². The molecule has 0 unspecified atom stereocenters. The van der Waals surface area contributed by atoms with E-state index in [0.717, 1.165) is 56.3 Å². The number of ether oxygens (including phenoxy) is 1. The van der Waals surface area contributed by atoms with Crippen molar-refractivity contribution < 1.29 is 18.3 Å². The van der Waals surface area contributed by atoms with E-state index in [1.807, 2.05) is 13.2 Å². The number of hydrogen-bond donors (Lipinski definition) is 2. The number of urea groups is 1. The first-order chi connectivity index (χ1) is 16.5. The van der Waals surface area contributed by atoms with E-state index in [1.54, 1.807) is 11.0 Å². The normalized spacial score (nSPS) is 23.6. The summed E-state index contributed by atoms with van der Waals surface area (Å²) in [5.41, 5.74) is 2.57. The summed E-state index contributed by atoms with van der Waals surface area (Å²) >= 11 is 0. The summed E-state index contributed by atoms with van der Waals surface area (Å²) in [6.45, 7) is 3.21. The van der Waals surface area contributed by atoms with Crippen LogP contribution in [0, 0.1) is 11.6 Å². The highest BCUT2D eigenvalue weighted by Gasteiger charge is 2.36. The molecule has 1 aromatic carbocycles. The molecule has 5 rings (SSSR count). The summed E-state index contributed by atoms with van der Waals surface area (Å²) in [5, 5.41) is 6.52. The number of carbonyl (C=O) groups excluding carboxylic acids is 1. The fourth-order valence-corrected chi connectivity index (χ4v) is 5.10. The summed E-state index contributed by atoms with van der Waals surface area (Å²) < 4.78 is 32.7. The van der Waals surface area contributed by atoms with Crippen molar-refractivity contribution in [2.45, 2.75) is 50.4 Å². The van der Waals surface area contributed by atoms with E-state index in [0.29, 0.717) is 37.1 Å². The molecule has 2 aromatic rings. The molecule has 3 aliphatic heterocycles. The molecule has 3 aliphatic rings. The summed E-state index contributed by atoms with van der Waals surface area (Å²) in [6, 6.07) is 3.67. The van der Waals surface area contributed by atoms with Gasteiger partial charge in [-0.15, -0.1) is 0 Å². The van der Waals surface area contributed by atoms with E-state index >= 15 is 0 Å². The molecule has 2 amide bonds. The van der Waals surface area contributed by atoms with E-state index in [2.05, 4.69) is 20.5 Å². The van der Waals surface area contributed by atoms with Crippen LogP contribution in [0.25, 0.3) is 0 Å². The SMILES string of the molecule is CN1CC[C@@H](NC(=O)N2CCc3cnc(NC4CCOCC4)nc3C2)[C@@H]1c1ccc(F)c(F)c1. The molecule has 0 aliphatic carbocycles. The van der Waals surface area contributed by atoms with Gasteiger partial charge in [-0.3, -0.25) is 4.90 Å². The van der Waals surface area contributed by atoms with E-state index in [9.17, 15) is 13.6 Å². The number of rotatable bonds is 4. The number of aromatic nitrogens is 2. The number of fused-ring (bicyclic) bond motifs is 1. The molecule has 0 spiro atoms. The Balaban J connectivity index is 1.25. The lowest BCUT2D eigenvalue weighted by atomic mass is 10.00. The van der Waals surface area contributed by atoms with Crippen molar-refractivity contribution in [3.63, 3.8) is 0 Å². The lowest BCUT2D eigenvalue weighted by molar-refractivity contribution is 0.0903. The van der Waals surface area contributed by atoms with Crippen LogP contribution in [0.5, 0.6) is 0 Å². The smallest absolute Gasteiger partial charge is 0.318 e. The Labute approximate surface area is 197 Å². The van der Waals surface area contributed by atoms with Crippen molar-refractivity contribution in [2.24, 2.45) is 0 Å². The second kappa shape index (κ2) is 9.79. The molecule has 2 fully saturated rings. The summed E-state index contributed by atoms with van der Waals surface area (Å²) in [6.07, 6.45) is 5.12. The Morgan fingerprint density at radius 3 is 2.76 bits per heavy atom. The maximum Gasteiger partial charge on any atom is 0.318 e. The van der Waals surface area contributed by atoms with Crippen LogP contribution in [0.3, 0.4) is 0 Å². The predicted octanol–water partition coefficient (Wildman–Crippen LogP) is 2.86. The van der Waals surface area contributed by atoms with Crippen molar-refractivity contribution in [3.8, 4) is 0 Å². The third kappa shape index (κ3) is 4.83. The van der Waals surface area contributed by atoms with Crippen LogP contribution >= 0.6 is 0 Å². The third-order valence-electron chi connectivity index (χ3n) is 7.03. The van der Waals surface area contributed by atoms with Gasteiger partial charge in [-0.2, -0.15) is 0 Å². The van der Waals surface area contributed by atoms with Crippen molar-refractivity contribution in [2.75, 3.05) is 38.7 Å². The summed E-state index contributed by atoms with van der Waals surface area (Å²) in [5.74, 6) is -1.16. The number of benzene rings is 1. The average Bonchev–Trinajstić information content (AvgIpc) is 3.20. The average molecular weight is 473 g/mol. The van der Waals surface area contributed by atoms with E-state index in [-0.39, 0.29) is 18.1 Å². The molecular weight excluding hydrogens is 442 g/mol. The van der Waals surface area contributed by atoms with Gasteiger partial charge in [-0.05, 0) is 56.0 Å². The van der Waals surface area contributed by atoms with Crippen LogP contribution in [0.2, 0.25) is 0 Å². The predicted molar refractivity (Wildman–Crippen MR) is 122 cm³/mol. The van der Waals surface area contributed by atoms with Crippen molar-refractivity contribution in [1.29, 1.82) is 0 Å². The Kier molecular flexibility index (Phi) is 6.60.